The highest BCUT2D eigenvalue weighted by atomic mass is 16.5. The fourth-order valence-corrected chi connectivity index (χ4v) is 1.51. The van der Waals surface area contributed by atoms with E-state index in [2.05, 4.69) is 32.9 Å². The minimum absolute atomic E-state index is 0.640. The molecule has 1 heteroatoms. The Morgan fingerprint density at radius 1 is 1.57 bits per heavy atom. The van der Waals surface area contributed by atoms with Crippen LogP contribution in [-0.2, 0) is 4.74 Å². The van der Waals surface area contributed by atoms with E-state index >= 15 is 0 Å². The van der Waals surface area contributed by atoms with Crippen molar-refractivity contribution >= 4 is 0 Å². The Morgan fingerprint density at radius 2 is 2.36 bits per heavy atom. The van der Waals surface area contributed by atoms with Crippen molar-refractivity contribution in [2.24, 2.45) is 5.92 Å². The van der Waals surface area contributed by atoms with Gasteiger partial charge in [0.25, 0.3) is 0 Å². The highest BCUT2D eigenvalue weighted by Gasteiger charge is 2.02. The summed E-state index contributed by atoms with van der Waals surface area (Å²) in [5.41, 5.74) is 1.51. The van der Waals surface area contributed by atoms with Crippen LogP contribution in [0.5, 0.6) is 0 Å². The van der Waals surface area contributed by atoms with Crippen LogP contribution in [0.4, 0.5) is 0 Å². The summed E-state index contributed by atoms with van der Waals surface area (Å²) >= 11 is 0. The van der Waals surface area contributed by atoms with E-state index in [0.717, 1.165) is 12.2 Å². The fourth-order valence-electron chi connectivity index (χ4n) is 1.51. The molecule has 14 heavy (non-hydrogen) atoms. The van der Waals surface area contributed by atoms with Gasteiger partial charge in [0.1, 0.15) is 5.76 Å². The summed E-state index contributed by atoms with van der Waals surface area (Å²) in [5.74, 6) is 1.69. The van der Waals surface area contributed by atoms with E-state index < -0.39 is 0 Å². The van der Waals surface area contributed by atoms with E-state index in [1.165, 1.54) is 18.4 Å². The van der Waals surface area contributed by atoms with Crippen molar-refractivity contribution in [1.82, 2.24) is 0 Å². The fraction of sp³-hybridized carbons (Fsp3) is 0.538. The lowest BCUT2D eigenvalue weighted by molar-refractivity contribution is 0.367. The lowest BCUT2D eigenvalue weighted by Gasteiger charge is -2.08. The Balaban J connectivity index is 2.58. The molecule has 0 unspecified atom stereocenters. The molecule has 0 bridgehead atoms. The number of allylic oxidation sites excluding steroid dienone is 4. The van der Waals surface area contributed by atoms with E-state index in [9.17, 15) is 0 Å². The molecule has 1 nitrogen and oxygen atoms in total. The molecule has 0 saturated carbocycles. The molecule has 1 rings (SSSR count). The van der Waals surface area contributed by atoms with E-state index in [-0.39, 0.29) is 0 Å². The molecule has 0 fully saturated rings. The van der Waals surface area contributed by atoms with Gasteiger partial charge in [0.15, 0.2) is 0 Å². The number of hydrogen-bond donors (Lipinski definition) is 0. The van der Waals surface area contributed by atoms with Crippen LogP contribution in [-0.4, -0.2) is 0 Å². The maximum absolute atomic E-state index is 5.30. The van der Waals surface area contributed by atoms with Crippen molar-refractivity contribution in [3.05, 3.63) is 35.8 Å². The lowest BCUT2D eigenvalue weighted by atomic mass is 9.98. The van der Waals surface area contributed by atoms with Crippen molar-refractivity contribution in [2.45, 2.75) is 40.0 Å². The van der Waals surface area contributed by atoms with Gasteiger partial charge in [-0.2, -0.15) is 0 Å². The zero-order chi connectivity index (χ0) is 10.4. The molecule has 0 radical (unpaired) electrons. The van der Waals surface area contributed by atoms with Gasteiger partial charge in [-0.3, -0.25) is 0 Å². The van der Waals surface area contributed by atoms with Crippen LogP contribution in [0.2, 0.25) is 0 Å². The van der Waals surface area contributed by atoms with Crippen molar-refractivity contribution in [2.75, 3.05) is 0 Å². The van der Waals surface area contributed by atoms with E-state index in [1.54, 1.807) is 6.26 Å². The zero-order valence-corrected chi connectivity index (χ0v) is 9.42. The SMILES string of the molecule is CCC/C(=C\C=C1/CC=CO1)C(C)C. The summed E-state index contributed by atoms with van der Waals surface area (Å²) < 4.78 is 5.30. The van der Waals surface area contributed by atoms with E-state index in [4.69, 9.17) is 4.74 Å². The summed E-state index contributed by atoms with van der Waals surface area (Å²) in [6, 6.07) is 0. The van der Waals surface area contributed by atoms with E-state index in [1.807, 2.05) is 6.08 Å². The Labute approximate surface area is 87.2 Å². The van der Waals surface area contributed by atoms with Crippen LogP contribution in [0.15, 0.2) is 35.8 Å². The number of rotatable bonds is 4. The van der Waals surface area contributed by atoms with Crippen molar-refractivity contribution < 1.29 is 4.74 Å². The van der Waals surface area contributed by atoms with Crippen LogP contribution in [0, 0.1) is 5.92 Å². The van der Waals surface area contributed by atoms with Gasteiger partial charge in [-0.05, 0) is 24.5 Å². The summed E-state index contributed by atoms with van der Waals surface area (Å²) in [6.45, 7) is 6.71. The summed E-state index contributed by atoms with van der Waals surface area (Å²) in [4.78, 5) is 0. The first-order valence-corrected chi connectivity index (χ1v) is 5.45. The quantitative estimate of drug-likeness (QED) is 0.649. The monoisotopic (exact) mass is 192 g/mol. The van der Waals surface area contributed by atoms with Gasteiger partial charge in [0, 0.05) is 6.42 Å². The molecule has 78 valence electrons. The third-order valence-corrected chi connectivity index (χ3v) is 2.40. The topological polar surface area (TPSA) is 9.23 Å². The second kappa shape index (κ2) is 5.69. The average Bonchev–Trinajstić information content (AvgIpc) is 2.64. The van der Waals surface area contributed by atoms with Crippen LogP contribution in [0.3, 0.4) is 0 Å². The molecule has 0 aliphatic carbocycles. The first-order valence-electron chi connectivity index (χ1n) is 5.45. The molecular weight excluding hydrogens is 172 g/mol. The first kappa shape index (κ1) is 11.1. The summed E-state index contributed by atoms with van der Waals surface area (Å²) in [6.07, 6.45) is 11.5. The average molecular weight is 192 g/mol. The molecule has 1 aliphatic heterocycles. The Morgan fingerprint density at radius 3 is 2.86 bits per heavy atom. The lowest BCUT2D eigenvalue weighted by Crippen LogP contribution is -1.93. The Kier molecular flexibility index (Phi) is 4.51. The molecule has 0 spiro atoms. The number of hydrogen-bond acceptors (Lipinski definition) is 1. The third kappa shape index (κ3) is 3.41. The van der Waals surface area contributed by atoms with Crippen molar-refractivity contribution in [3.8, 4) is 0 Å². The smallest absolute Gasteiger partial charge is 0.107 e. The summed E-state index contributed by atoms with van der Waals surface area (Å²) in [7, 11) is 0. The summed E-state index contributed by atoms with van der Waals surface area (Å²) in [5, 5.41) is 0. The van der Waals surface area contributed by atoms with Crippen molar-refractivity contribution in [1.29, 1.82) is 0 Å². The van der Waals surface area contributed by atoms with Crippen molar-refractivity contribution in [3.63, 3.8) is 0 Å². The van der Waals surface area contributed by atoms with Gasteiger partial charge in [0.05, 0.1) is 6.26 Å². The molecule has 0 aromatic carbocycles. The molecule has 1 aliphatic rings. The Hall–Kier alpha value is -0.980. The predicted molar refractivity (Wildman–Crippen MR) is 60.8 cm³/mol. The third-order valence-electron chi connectivity index (χ3n) is 2.40. The van der Waals surface area contributed by atoms with Gasteiger partial charge in [0.2, 0.25) is 0 Å². The van der Waals surface area contributed by atoms with E-state index in [0.29, 0.717) is 5.92 Å². The molecule has 0 aromatic heterocycles. The van der Waals surface area contributed by atoms with Gasteiger partial charge in [-0.25, -0.2) is 0 Å². The number of ether oxygens (including phenoxy) is 1. The highest BCUT2D eigenvalue weighted by molar-refractivity contribution is 5.19. The molecule has 0 amide bonds. The highest BCUT2D eigenvalue weighted by Crippen LogP contribution is 2.18. The molecule has 0 atom stereocenters. The maximum atomic E-state index is 5.30. The molecular formula is C13H20O. The Bertz CT molecular complexity index is 246. The van der Waals surface area contributed by atoms with Gasteiger partial charge >= 0.3 is 0 Å². The van der Waals surface area contributed by atoms with Crippen LogP contribution >= 0.6 is 0 Å². The van der Waals surface area contributed by atoms with Crippen LogP contribution < -0.4 is 0 Å². The van der Waals surface area contributed by atoms with Crippen LogP contribution in [0.1, 0.15) is 40.0 Å². The second-order valence-electron chi connectivity index (χ2n) is 3.97. The van der Waals surface area contributed by atoms with Crippen LogP contribution in [0.25, 0.3) is 0 Å². The first-order chi connectivity index (χ1) is 6.74. The minimum Gasteiger partial charge on any atom is -0.469 e. The largest absolute Gasteiger partial charge is 0.469 e. The van der Waals surface area contributed by atoms with Gasteiger partial charge in [-0.15, -0.1) is 0 Å². The zero-order valence-electron chi connectivity index (χ0n) is 9.42. The standard InChI is InChI=1S/C13H20O/c1-4-6-12(11(2)3)8-9-13-7-5-10-14-13/h5,8-11H,4,6-7H2,1-3H3/b12-8+,13-9+. The van der Waals surface area contributed by atoms with Gasteiger partial charge < -0.3 is 4.74 Å². The molecule has 0 N–H and O–H groups in total. The second-order valence-corrected chi connectivity index (χ2v) is 3.97. The predicted octanol–water partition coefficient (Wildman–Crippen LogP) is 4.19. The maximum Gasteiger partial charge on any atom is 0.107 e. The minimum atomic E-state index is 0.640. The molecule has 0 aromatic rings. The molecule has 1 heterocycles. The van der Waals surface area contributed by atoms with Gasteiger partial charge in [-0.1, -0.05) is 38.8 Å². The normalized spacial score (nSPS) is 19.4. The molecule has 0 saturated heterocycles.